The third-order valence-electron chi connectivity index (χ3n) is 5.74. The average molecular weight is 402 g/mol. The lowest BCUT2D eigenvalue weighted by Crippen LogP contribution is -2.21. The third-order valence-corrected chi connectivity index (χ3v) is 5.74. The maximum Gasteiger partial charge on any atom is 0.199 e. The minimum Gasteiger partial charge on any atom is -0.507 e. The highest BCUT2D eigenvalue weighted by Gasteiger charge is 2.16. The Kier molecular flexibility index (Phi) is 7.29. The quantitative estimate of drug-likeness (QED) is 0.606. The molecular formula is C27H33N2O+. The van der Waals surface area contributed by atoms with Gasteiger partial charge >= 0.3 is 0 Å². The van der Waals surface area contributed by atoms with Crippen LogP contribution in [0.2, 0.25) is 0 Å². The number of anilines is 1. The summed E-state index contributed by atoms with van der Waals surface area (Å²) in [6.45, 7) is 12.6. The Hall–Kier alpha value is -3.07. The first kappa shape index (κ1) is 21.6. The minimum absolute atomic E-state index is 0.299. The Morgan fingerprint density at radius 2 is 1.40 bits per heavy atom. The fourth-order valence-corrected chi connectivity index (χ4v) is 4.02. The van der Waals surface area contributed by atoms with E-state index in [1.165, 1.54) is 11.4 Å². The van der Waals surface area contributed by atoms with Crippen LogP contribution >= 0.6 is 0 Å². The summed E-state index contributed by atoms with van der Waals surface area (Å²) in [6, 6.07) is 16.2. The predicted molar refractivity (Wildman–Crippen MR) is 129 cm³/mol. The van der Waals surface area contributed by atoms with Crippen molar-refractivity contribution in [3.8, 4) is 5.75 Å². The summed E-state index contributed by atoms with van der Waals surface area (Å²) < 4.78 is 2.34. The SMILES string of the molecule is CCN(CC)c1ccc(C(=C2C=CC(=[N+](CC)CC)C=C2)c2ccccc2O)cc1. The molecule has 156 valence electrons. The molecule has 0 aromatic heterocycles. The molecule has 0 heterocycles. The van der Waals surface area contributed by atoms with Gasteiger partial charge in [0.15, 0.2) is 5.71 Å². The number of para-hydroxylation sites is 1. The first-order chi connectivity index (χ1) is 14.6. The summed E-state index contributed by atoms with van der Waals surface area (Å²) in [5.41, 5.74) is 6.54. The van der Waals surface area contributed by atoms with E-state index in [-0.39, 0.29) is 0 Å². The van der Waals surface area contributed by atoms with Gasteiger partial charge in [-0.05, 0) is 74.8 Å². The number of nitrogens with zero attached hydrogens (tertiary/aromatic N) is 2. The van der Waals surface area contributed by atoms with Gasteiger partial charge in [0.05, 0.1) is 0 Å². The smallest absolute Gasteiger partial charge is 0.199 e. The maximum absolute atomic E-state index is 10.6. The Bertz CT molecular complexity index is 966. The van der Waals surface area contributed by atoms with Gasteiger partial charge in [-0.3, -0.25) is 0 Å². The highest BCUT2D eigenvalue weighted by molar-refractivity contribution is 6.04. The molecule has 3 nitrogen and oxygen atoms in total. The molecule has 0 bridgehead atoms. The van der Waals surface area contributed by atoms with Crippen molar-refractivity contribution in [1.29, 1.82) is 0 Å². The van der Waals surface area contributed by atoms with E-state index in [0.29, 0.717) is 5.75 Å². The van der Waals surface area contributed by atoms with Gasteiger partial charge < -0.3 is 10.0 Å². The van der Waals surface area contributed by atoms with E-state index < -0.39 is 0 Å². The van der Waals surface area contributed by atoms with Crippen LogP contribution in [0.25, 0.3) is 5.57 Å². The summed E-state index contributed by atoms with van der Waals surface area (Å²) in [7, 11) is 0. The third kappa shape index (κ3) is 4.56. The number of rotatable bonds is 7. The van der Waals surface area contributed by atoms with E-state index in [2.05, 4.69) is 85.7 Å². The van der Waals surface area contributed by atoms with Crippen molar-refractivity contribution in [3.63, 3.8) is 0 Å². The van der Waals surface area contributed by atoms with Crippen LogP contribution in [0.5, 0.6) is 5.75 Å². The fourth-order valence-electron chi connectivity index (χ4n) is 4.02. The van der Waals surface area contributed by atoms with Gasteiger partial charge in [0.2, 0.25) is 0 Å². The Balaban J connectivity index is 2.11. The Morgan fingerprint density at radius 1 is 0.800 bits per heavy atom. The molecular weight excluding hydrogens is 368 g/mol. The number of hydrogen-bond acceptors (Lipinski definition) is 2. The van der Waals surface area contributed by atoms with E-state index >= 15 is 0 Å². The van der Waals surface area contributed by atoms with Crippen LogP contribution in [0.15, 0.2) is 78.4 Å². The zero-order valence-electron chi connectivity index (χ0n) is 18.6. The number of allylic oxidation sites excluding steroid dienone is 5. The second-order valence-electron chi connectivity index (χ2n) is 7.33. The molecule has 0 saturated heterocycles. The predicted octanol–water partition coefficient (Wildman–Crippen LogP) is 5.66. The van der Waals surface area contributed by atoms with E-state index in [9.17, 15) is 5.11 Å². The first-order valence-corrected chi connectivity index (χ1v) is 11.0. The second-order valence-corrected chi connectivity index (χ2v) is 7.33. The van der Waals surface area contributed by atoms with Crippen molar-refractivity contribution in [2.24, 2.45) is 0 Å². The van der Waals surface area contributed by atoms with E-state index in [1.54, 1.807) is 6.07 Å². The normalized spacial score (nSPS) is 12.9. The van der Waals surface area contributed by atoms with Crippen molar-refractivity contribution >= 4 is 17.0 Å². The van der Waals surface area contributed by atoms with Crippen LogP contribution in [0.1, 0.15) is 38.8 Å². The Labute approximate surface area is 181 Å². The molecule has 30 heavy (non-hydrogen) atoms. The van der Waals surface area contributed by atoms with Crippen LogP contribution in [-0.2, 0) is 0 Å². The molecule has 0 amide bonds. The number of benzene rings is 2. The van der Waals surface area contributed by atoms with Crippen LogP contribution in [0.4, 0.5) is 5.69 Å². The molecule has 0 spiro atoms. The molecule has 2 aromatic rings. The second kappa shape index (κ2) is 10.1. The van der Waals surface area contributed by atoms with Gasteiger partial charge in [0.25, 0.3) is 0 Å². The van der Waals surface area contributed by atoms with Crippen LogP contribution < -0.4 is 4.90 Å². The van der Waals surface area contributed by atoms with Gasteiger partial charge in [0, 0.05) is 36.5 Å². The molecule has 1 N–H and O–H groups in total. The van der Waals surface area contributed by atoms with Gasteiger partial charge in [-0.2, -0.15) is 0 Å². The monoisotopic (exact) mass is 401 g/mol. The minimum atomic E-state index is 0.299. The summed E-state index contributed by atoms with van der Waals surface area (Å²) in [6.07, 6.45) is 8.67. The van der Waals surface area contributed by atoms with Gasteiger partial charge in [-0.1, -0.05) is 30.3 Å². The topological polar surface area (TPSA) is 26.5 Å². The molecule has 2 aromatic carbocycles. The van der Waals surface area contributed by atoms with E-state index in [0.717, 1.165) is 48.5 Å². The lowest BCUT2D eigenvalue weighted by atomic mass is 9.90. The van der Waals surface area contributed by atoms with Crippen molar-refractivity contribution in [1.82, 2.24) is 0 Å². The molecule has 0 unspecified atom stereocenters. The summed E-state index contributed by atoms with van der Waals surface area (Å²) in [4.78, 5) is 2.34. The Morgan fingerprint density at radius 3 is 1.93 bits per heavy atom. The lowest BCUT2D eigenvalue weighted by Gasteiger charge is -2.22. The number of phenols is 1. The molecule has 0 fully saturated rings. The zero-order chi connectivity index (χ0) is 21.5. The largest absolute Gasteiger partial charge is 0.507 e. The van der Waals surface area contributed by atoms with E-state index in [4.69, 9.17) is 0 Å². The van der Waals surface area contributed by atoms with Gasteiger partial charge in [-0.15, -0.1) is 0 Å². The van der Waals surface area contributed by atoms with Gasteiger partial charge in [0.1, 0.15) is 18.8 Å². The average Bonchev–Trinajstić information content (AvgIpc) is 2.79. The van der Waals surface area contributed by atoms with Crippen LogP contribution in [0.3, 0.4) is 0 Å². The number of phenolic OH excluding ortho intramolecular Hbond substituents is 1. The molecule has 3 heteroatoms. The standard InChI is InChI=1S/C27H32N2O/c1-5-28(6-2)23-17-13-21(14-18-23)27(25-11-9-10-12-26(25)30)22-15-19-24(20-16-22)29(7-3)8-4/h9-20H,5-8H2,1-4H3/p+1. The van der Waals surface area contributed by atoms with E-state index in [1.807, 2.05) is 18.2 Å². The summed E-state index contributed by atoms with van der Waals surface area (Å²) in [5.74, 6) is 0.299. The molecule has 1 aliphatic rings. The molecule has 0 atom stereocenters. The van der Waals surface area contributed by atoms with Crippen molar-refractivity contribution in [3.05, 3.63) is 89.5 Å². The molecule has 0 radical (unpaired) electrons. The molecule has 3 rings (SSSR count). The fraction of sp³-hybridized carbons (Fsp3) is 0.296. The van der Waals surface area contributed by atoms with Crippen molar-refractivity contribution < 1.29 is 9.68 Å². The van der Waals surface area contributed by atoms with Crippen LogP contribution in [-0.4, -0.2) is 41.6 Å². The number of hydrogen-bond donors (Lipinski definition) is 1. The molecule has 0 aliphatic heterocycles. The van der Waals surface area contributed by atoms with Crippen LogP contribution in [0, 0.1) is 0 Å². The zero-order valence-corrected chi connectivity index (χ0v) is 18.6. The first-order valence-electron chi connectivity index (χ1n) is 11.0. The summed E-state index contributed by atoms with van der Waals surface area (Å²) >= 11 is 0. The highest BCUT2D eigenvalue weighted by Crippen LogP contribution is 2.35. The maximum atomic E-state index is 10.6. The highest BCUT2D eigenvalue weighted by atomic mass is 16.3. The molecule has 1 aliphatic carbocycles. The van der Waals surface area contributed by atoms with Crippen molar-refractivity contribution in [2.45, 2.75) is 27.7 Å². The van der Waals surface area contributed by atoms with Gasteiger partial charge in [-0.25, -0.2) is 4.58 Å². The number of aromatic hydroxyl groups is 1. The summed E-state index contributed by atoms with van der Waals surface area (Å²) in [5, 5.41) is 10.6. The lowest BCUT2D eigenvalue weighted by molar-refractivity contribution is -0.519. The van der Waals surface area contributed by atoms with Crippen molar-refractivity contribution in [2.75, 3.05) is 31.1 Å². The molecule has 0 saturated carbocycles.